The molecule has 0 aliphatic carbocycles. The van der Waals surface area contributed by atoms with Crippen LogP contribution in [0.1, 0.15) is 5.56 Å². The Kier molecular flexibility index (Phi) is 4.42. The van der Waals surface area contributed by atoms with Gasteiger partial charge in [-0.15, -0.1) is 10.0 Å². The summed E-state index contributed by atoms with van der Waals surface area (Å²) in [5.74, 6) is -1.03. The lowest BCUT2D eigenvalue weighted by molar-refractivity contribution is -0.394. The van der Waals surface area contributed by atoms with Gasteiger partial charge in [0.2, 0.25) is 5.91 Å². The number of nitro groups is 2. The van der Waals surface area contributed by atoms with E-state index in [1.54, 1.807) is 0 Å². The first-order valence-corrected chi connectivity index (χ1v) is 4.94. The van der Waals surface area contributed by atoms with Crippen molar-refractivity contribution >= 4 is 17.3 Å². The number of amides is 1. The normalized spacial score (nSPS) is 11.8. The summed E-state index contributed by atoms with van der Waals surface area (Å²) in [5, 5.41) is 21.3. The Balaban J connectivity index is 3.16. The van der Waals surface area contributed by atoms with Crippen molar-refractivity contribution in [3.8, 4) is 0 Å². The Morgan fingerprint density at radius 1 is 1.37 bits per heavy atom. The van der Waals surface area contributed by atoms with Crippen LogP contribution < -0.4 is 11.3 Å². The van der Waals surface area contributed by atoms with Crippen LogP contribution in [0.4, 0.5) is 15.9 Å². The summed E-state index contributed by atoms with van der Waals surface area (Å²) in [7, 11) is 0. The zero-order valence-electron chi connectivity index (χ0n) is 9.41. The van der Waals surface area contributed by atoms with E-state index in [1.807, 2.05) is 0 Å². The van der Waals surface area contributed by atoms with E-state index in [2.05, 4.69) is 0 Å². The average Bonchev–Trinajstić information content (AvgIpc) is 2.35. The minimum absolute atomic E-state index is 0.0375. The van der Waals surface area contributed by atoms with Gasteiger partial charge in [-0.2, -0.15) is 0 Å². The molecule has 1 rings (SSSR count). The van der Waals surface area contributed by atoms with Crippen LogP contribution in [-0.2, 0) is 11.2 Å². The van der Waals surface area contributed by atoms with Crippen LogP contribution in [0.5, 0.6) is 0 Å². The van der Waals surface area contributed by atoms with Crippen LogP contribution >= 0.6 is 0 Å². The summed E-state index contributed by atoms with van der Waals surface area (Å²) in [5.41, 5.74) is 4.92. The second-order valence-electron chi connectivity index (χ2n) is 3.60. The lowest BCUT2D eigenvalue weighted by Crippen LogP contribution is -2.39. The first kappa shape index (κ1) is 14.4. The minimum Gasteiger partial charge on any atom is -0.368 e. The quantitative estimate of drug-likeness (QED) is 0.435. The van der Waals surface area contributed by atoms with Gasteiger partial charge < -0.3 is 5.73 Å². The van der Waals surface area contributed by atoms with Gasteiger partial charge in [-0.3, -0.25) is 25.0 Å². The molecule has 0 radical (unpaired) electrons. The van der Waals surface area contributed by atoms with E-state index in [-0.39, 0.29) is 12.0 Å². The van der Waals surface area contributed by atoms with Crippen molar-refractivity contribution in [2.24, 2.45) is 5.73 Å². The number of primary amides is 1. The Labute approximate surface area is 105 Å². The molecule has 0 aliphatic rings. The highest BCUT2D eigenvalue weighted by Gasteiger charge is 2.24. The maximum absolute atomic E-state index is 12.3. The summed E-state index contributed by atoms with van der Waals surface area (Å²) in [6, 6.07) is 1.41. The number of rotatable bonds is 6. The number of nitrogens with zero attached hydrogens (tertiary/aromatic N) is 2. The molecule has 0 aliphatic heterocycles. The van der Waals surface area contributed by atoms with Crippen molar-refractivity contribution in [2.75, 3.05) is 0 Å². The second-order valence-corrected chi connectivity index (χ2v) is 3.60. The summed E-state index contributed by atoms with van der Waals surface area (Å²) in [6.45, 7) is 0. The number of nitrogens with one attached hydrogen (secondary N) is 1. The van der Waals surface area contributed by atoms with Crippen molar-refractivity contribution in [3.05, 3.63) is 44.0 Å². The molecule has 1 aromatic carbocycles. The molecule has 0 saturated heterocycles. The number of carbonyl (C=O) groups is 1. The molecular formula is C9H9FN4O5. The van der Waals surface area contributed by atoms with Gasteiger partial charge in [0.15, 0.2) is 0 Å². The molecule has 102 valence electrons. The van der Waals surface area contributed by atoms with E-state index in [4.69, 9.17) is 5.73 Å². The summed E-state index contributed by atoms with van der Waals surface area (Å²) >= 11 is 0. The highest BCUT2D eigenvalue weighted by molar-refractivity contribution is 5.80. The minimum atomic E-state index is -1.44. The molecule has 19 heavy (non-hydrogen) atoms. The Morgan fingerprint density at radius 2 is 2.00 bits per heavy atom. The molecule has 1 aromatic rings. The molecule has 0 bridgehead atoms. The number of carbonyl (C=O) groups excluding carboxylic acids is 1. The molecule has 1 atom stereocenters. The maximum Gasteiger partial charge on any atom is 0.279 e. The van der Waals surface area contributed by atoms with Crippen LogP contribution in [0.3, 0.4) is 0 Å². The van der Waals surface area contributed by atoms with E-state index in [1.165, 1.54) is 0 Å². The Hall–Kier alpha value is -2.62. The molecule has 0 aromatic heterocycles. The monoisotopic (exact) mass is 272 g/mol. The van der Waals surface area contributed by atoms with Gasteiger partial charge in [0.25, 0.3) is 11.4 Å². The third kappa shape index (κ3) is 3.42. The fourth-order valence-electron chi connectivity index (χ4n) is 1.42. The SMILES string of the molecule is NC(=O)C(Cc1ccc([N+](=O)[O-])cc1[N+](=O)[O-])NF. The van der Waals surface area contributed by atoms with Crippen molar-refractivity contribution in [3.63, 3.8) is 0 Å². The van der Waals surface area contributed by atoms with Gasteiger partial charge in [0.1, 0.15) is 6.04 Å². The maximum atomic E-state index is 12.3. The lowest BCUT2D eigenvalue weighted by atomic mass is 10.0. The third-order valence-corrected chi connectivity index (χ3v) is 2.38. The first-order chi connectivity index (χ1) is 8.86. The van der Waals surface area contributed by atoms with Crippen molar-refractivity contribution in [1.82, 2.24) is 5.54 Å². The van der Waals surface area contributed by atoms with E-state index >= 15 is 0 Å². The predicted molar refractivity (Wildman–Crippen MR) is 60.7 cm³/mol. The van der Waals surface area contributed by atoms with Crippen molar-refractivity contribution in [1.29, 1.82) is 0 Å². The standard InChI is InChI=1S/C9H9FN4O5/c10-12-7(9(11)15)3-5-1-2-6(13(16)17)4-8(5)14(18)19/h1-2,4,7,12H,3H2,(H2,11,15). The smallest absolute Gasteiger partial charge is 0.279 e. The Bertz CT molecular complexity index is 535. The van der Waals surface area contributed by atoms with Crippen molar-refractivity contribution in [2.45, 2.75) is 12.5 Å². The second kappa shape index (κ2) is 5.82. The molecule has 3 N–H and O–H groups in total. The molecule has 0 spiro atoms. The molecule has 1 unspecified atom stereocenters. The molecule has 1 amide bonds. The number of benzene rings is 1. The van der Waals surface area contributed by atoms with E-state index in [0.717, 1.165) is 23.7 Å². The molecular weight excluding hydrogens is 263 g/mol. The molecule has 0 saturated carbocycles. The number of halogens is 1. The van der Waals surface area contributed by atoms with Gasteiger partial charge in [0.05, 0.1) is 15.9 Å². The van der Waals surface area contributed by atoms with Gasteiger partial charge in [0, 0.05) is 18.1 Å². The molecule has 0 fully saturated rings. The summed E-state index contributed by atoms with van der Waals surface area (Å²) in [4.78, 5) is 30.5. The summed E-state index contributed by atoms with van der Waals surface area (Å²) in [6.07, 6.45) is -0.389. The van der Waals surface area contributed by atoms with Crippen molar-refractivity contribution < 1.29 is 19.1 Å². The molecule has 10 heteroatoms. The van der Waals surface area contributed by atoms with Crippen LogP contribution in [0.2, 0.25) is 0 Å². The number of nitrogens with two attached hydrogens (primary N) is 1. The van der Waals surface area contributed by atoms with Gasteiger partial charge >= 0.3 is 0 Å². The Morgan fingerprint density at radius 3 is 2.42 bits per heavy atom. The lowest BCUT2D eigenvalue weighted by Gasteiger charge is -2.09. The van der Waals surface area contributed by atoms with E-state index in [9.17, 15) is 29.5 Å². The number of hydrogen-bond donors (Lipinski definition) is 2. The van der Waals surface area contributed by atoms with Gasteiger partial charge in [-0.05, 0) is 6.07 Å². The molecule has 9 nitrogen and oxygen atoms in total. The highest BCUT2D eigenvalue weighted by Crippen LogP contribution is 2.25. The largest absolute Gasteiger partial charge is 0.368 e. The fraction of sp³-hybridized carbons (Fsp3) is 0.222. The zero-order valence-corrected chi connectivity index (χ0v) is 9.41. The number of nitro benzene ring substituents is 2. The average molecular weight is 272 g/mol. The van der Waals surface area contributed by atoms with Crippen LogP contribution in [0, 0.1) is 20.2 Å². The third-order valence-electron chi connectivity index (χ3n) is 2.38. The van der Waals surface area contributed by atoms with Crippen LogP contribution in [0.15, 0.2) is 18.2 Å². The predicted octanol–water partition coefficient (Wildman–Crippen LogP) is 0.373. The van der Waals surface area contributed by atoms with E-state index < -0.39 is 33.2 Å². The topological polar surface area (TPSA) is 141 Å². The first-order valence-electron chi connectivity index (χ1n) is 4.94. The number of hydrogen-bond acceptors (Lipinski definition) is 6. The summed E-state index contributed by atoms with van der Waals surface area (Å²) < 4.78 is 12.3. The molecule has 0 heterocycles. The zero-order chi connectivity index (χ0) is 14.6. The van der Waals surface area contributed by atoms with Gasteiger partial charge in [-0.25, -0.2) is 0 Å². The number of non-ortho nitro benzene ring substituents is 1. The van der Waals surface area contributed by atoms with Crippen LogP contribution in [-0.4, -0.2) is 21.8 Å². The van der Waals surface area contributed by atoms with E-state index in [0.29, 0.717) is 0 Å². The highest BCUT2D eigenvalue weighted by atomic mass is 19.2. The van der Waals surface area contributed by atoms with Crippen LogP contribution in [0.25, 0.3) is 0 Å². The van der Waals surface area contributed by atoms with Gasteiger partial charge in [-0.1, -0.05) is 0 Å². The fourth-order valence-corrected chi connectivity index (χ4v) is 1.42.